The molecule has 0 radical (unpaired) electrons. The second-order valence-electron chi connectivity index (χ2n) is 4.89. The molecule has 0 amide bonds. The van der Waals surface area contributed by atoms with Gasteiger partial charge >= 0.3 is 7.60 Å². The number of hydrogen-bond acceptors (Lipinski definition) is 3. The molecular formula is C16H15O5P. The summed E-state index contributed by atoms with van der Waals surface area (Å²) >= 11 is 0. The lowest BCUT2D eigenvalue weighted by Crippen LogP contribution is -2.04. The van der Waals surface area contributed by atoms with Crippen LogP contribution in [-0.2, 0) is 4.57 Å². The molecular weight excluding hydrogens is 303 g/mol. The minimum Gasteiger partial charge on any atom is -0.495 e. The van der Waals surface area contributed by atoms with Crippen LogP contribution in [0.5, 0.6) is 11.5 Å². The van der Waals surface area contributed by atoms with Crippen molar-refractivity contribution in [3.8, 4) is 11.5 Å². The van der Waals surface area contributed by atoms with E-state index >= 15 is 0 Å². The summed E-state index contributed by atoms with van der Waals surface area (Å²) in [5.41, 5.74) is 0. The quantitative estimate of drug-likeness (QED) is 0.574. The van der Waals surface area contributed by atoms with Crippen molar-refractivity contribution in [2.45, 2.75) is 0 Å². The topological polar surface area (TPSA) is 76.0 Å². The summed E-state index contributed by atoms with van der Waals surface area (Å²) in [6.45, 7) is 0. The Labute approximate surface area is 127 Å². The molecule has 114 valence electrons. The molecule has 0 aromatic heterocycles. The Kier molecular flexibility index (Phi) is 3.57. The van der Waals surface area contributed by atoms with Crippen LogP contribution in [0.15, 0.2) is 42.5 Å². The molecule has 5 nitrogen and oxygen atoms in total. The predicted octanol–water partition coefficient (Wildman–Crippen LogP) is 2.81. The van der Waals surface area contributed by atoms with Gasteiger partial charge in [-0.3, -0.25) is 4.57 Å². The van der Waals surface area contributed by atoms with Crippen molar-refractivity contribution in [3.05, 3.63) is 42.5 Å². The summed E-state index contributed by atoms with van der Waals surface area (Å²) in [6, 6.07) is 12.1. The summed E-state index contributed by atoms with van der Waals surface area (Å²) < 4.78 is 22.5. The molecule has 0 spiro atoms. The van der Waals surface area contributed by atoms with Crippen LogP contribution in [0.25, 0.3) is 21.5 Å². The molecule has 3 rings (SSSR count). The fourth-order valence-corrected chi connectivity index (χ4v) is 3.27. The van der Waals surface area contributed by atoms with Crippen molar-refractivity contribution >= 4 is 34.4 Å². The molecule has 0 saturated heterocycles. The van der Waals surface area contributed by atoms with Crippen LogP contribution in [0.3, 0.4) is 0 Å². The third-order valence-corrected chi connectivity index (χ3v) is 4.60. The Hall–Kier alpha value is -2.07. The zero-order valence-corrected chi connectivity index (χ0v) is 13.0. The molecule has 3 aromatic rings. The van der Waals surface area contributed by atoms with Crippen LogP contribution in [-0.4, -0.2) is 24.0 Å². The monoisotopic (exact) mass is 318 g/mol. The number of ether oxygens (including phenoxy) is 2. The van der Waals surface area contributed by atoms with E-state index in [4.69, 9.17) is 9.47 Å². The maximum absolute atomic E-state index is 11.5. The minimum atomic E-state index is -4.33. The summed E-state index contributed by atoms with van der Waals surface area (Å²) in [5.74, 6) is 1.23. The van der Waals surface area contributed by atoms with Gasteiger partial charge in [0.2, 0.25) is 0 Å². The zero-order valence-electron chi connectivity index (χ0n) is 12.1. The lowest BCUT2D eigenvalue weighted by atomic mass is 10.0. The molecule has 22 heavy (non-hydrogen) atoms. The first-order valence-corrected chi connectivity index (χ1v) is 8.21. The van der Waals surface area contributed by atoms with Gasteiger partial charge in [-0.25, -0.2) is 0 Å². The summed E-state index contributed by atoms with van der Waals surface area (Å²) in [6.07, 6.45) is 0. The van der Waals surface area contributed by atoms with E-state index in [-0.39, 0.29) is 5.30 Å². The van der Waals surface area contributed by atoms with Gasteiger partial charge < -0.3 is 19.3 Å². The standard InChI is InChI=1S/C16H15O5P/c1-20-15-11-5-3-4-6-12(11)16(21-2)14-9-10(22(17,18)19)7-8-13(14)15/h3-9H,1-2H3,(H2,17,18,19). The molecule has 0 bridgehead atoms. The Bertz CT molecular complexity index is 913. The molecule has 0 aliphatic rings. The highest BCUT2D eigenvalue weighted by Crippen LogP contribution is 2.44. The van der Waals surface area contributed by atoms with E-state index in [1.165, 1.54) is 19.2 Å². The second kappa shape index (κ2) is 5.29. The second-order valence-corrected chi connectivity index (χ2v) is 6.49. The molecule has 0 saturated carbocycles. The first-order valence-electron chi connectivity index (χ1n) is 6.60. The average Bonchev–Trinajstić information content (AvgIpc) is 2.51. The number of hydrogen-bond donors (Lipinski definition) is 2. The van der Waals surface area contributed by atoms with Crippen LogP contribution in [0.4, 0.5) is 0 Å². The van der Waals surface area contributed by atoms with Crippen molar-refractivity contribution < 1.29 is 23.8 Å². The van der Waals surface area contributed by atoms with Gasteiger partial charge in [0.05, 0.1) is 19.5 Å². The smallest absolute Gasteiger partial charge is 0.356 e. The van der Waals surface area contributed by atoms with Crippen molar-refractivity contribution in [1.82, 2.24) is 0 Å². The molecule has 0 fully saturated rings. The number of benzene rings is 3. The van der Waals surface area contributed by atoms with E-state index in [1.54, 1.807) is 13.2 Å². The summed E-state index contributed by atoms with van der Waals surface area (Å²) in [5, 5.41) is 3.03. The van der Waals surface area contributed by atoms with Crippen LogP contribution < -0.4 is 14.8 Å². The first-order chi connectivity index (χ1) is 10.5. The van der Waals surface area contributed by atoms with Gasteiger partial charge in [0.1, 0.15) is 11.5 Å². The molecule has 0 aliphatic heterocycles. The van der Waals surface area contributed by atoms with E-state index in [0.717, 1.165) is 16.2 Å². The Balaban J connectivity index is 2.53. The fraction of sp³-hybridized carbons (Fsp3) is 0.125. The Morgan fingerprint density at radius 2 is 1.32 bits per heavy atom. The van der Waals surface area contributed by atoms with Gasteiger partial charge in [0.25, 0.3) is 0 Å². The molecule has 2 N–H and O–H groups in total. The van der Waals surface area contributed by atoms with E-state index in [9.17, 15) is 14.4 Å². The molecule has 0 aliphatic carbocycles. The fourth-order valence-electron chi connectivity index (χ4n) is 2.71. The van der Waals surface area contributed by atoms with Gasteiger partial charge in [-0.05, 0) is 18.2 Å². The van der Waals surface area contributed by atoms with E-state index in [0.29, 0.717) is 16.9 Å². The lowest BCUT2D eigenvalue weighted by molar-refractivity contribution is 0.387. The minimum absolute atomic E-state index is 0.0457. The summed E-state index contributed by atoms with van der Waals surface area (Å²) in [7, 11) is -1.22. The van der Waals surface area contributed by atoms with Gasteiger partial charge in [0, 0.05) is 21.5 Å². The van der Waals surface area contributed by atoms with Gasteiger partial charge in [0.15, 0.2) is 0 Å². The highest BCUT2D eigenvalue weighted by molar-refractivity contribution is 7.60. The SMILES string of the molecule is COc1c2ccccc2c(OC)c2cc(P(=O)(O)O)ccc12. The van der Waals surface area contributed by atoms with Gasteiger partial charge in [-0.15, -0.1) is 0 Å². The predicted molar refractivity (Wildman–Crippen MR) is 86.2 cm³/mol. The van der Waals surface area contributed by atoms with Gasteiger partial charge in [-0.1, -0.05) is 24.3 Å². The largest absolute Gasteiger partial charge is 0.495 e. The van der Waals surface area contributed by atoms with Crippen LogP contribution in [0.1, 0.15) is 0 Å². The zero-order chi connectivity index (χ0) is 15.9. The average molecular weight is 318 g/mol. The maximum atomic E-state index is 11.5. The molecule has 6 heteroatoms. The number of methoxy groups -OCH3 is 2. The van der Waals surface area contributed by atoms with Crippen molar-refractivity contribution in [2.24, 2.45) is 0 Å². The van der Waals surface area contributed by atoms with Crippen LogP contribution in [0, 0.1) is 0 Å². The van der Waals surface area contributed by atoms with Gasteiger partial charge in [-0.2, -0.15) is 0 Å². The van der Waals surface area contributed by atoms with Crippen molar-refractivity contribution in [1.29, 1.82) is 0 Å². The lowest BCUT2D eigenvalue weighted by Gasteiger charge is -2.16. The first kappa shape index (κ1) is 14.9. The van der Waals surface area contributed by atoms with Crippen molar-refractivity contribution in [2.75, 3.05) is 14.2 Å². The molecule has 0 atom stereocenters. The Morgan fingerprint density at radius 1 is 0.818 bits per heavy atom. The normalized spacial score (nSPS) is 11.8. The molecule has 3 aromatic carbocycles. The Morgan fingerprint density at radius 3 is 1.82 bits per heavy atom. The van der Waals surface area contributed by atoms with E-state index in [1.807, 2.05) is 24.3 Å². The van der Waals surface area contributed by atoms with E-state index in [2.05, 4.69) is 0 Å². The number of fused-ring (bicyclic) bond motifs is 2. The highest BCUT2D eigenvalue weighted by atomic mass is 31.2. The van der Waals surface area contributed by atoms with E-state index < -0.39 is 7.60 Å². The highest BCUT2D eigenvalue weighted by Gasteiger charge is 2.21. The summed E-state index contributed by atoms with van der Waals surface area (Å²) in [4.78, 5) is 18.8. The molecule has 0 heterocycles. The third-order valence-electron chi connectivity index (χ3n) is 3.65. The van der Waals surface area contributed by atoms with Crippen molar-refractivity contribution in [3.63, 3.8) is 0 Å². The maximum Gasteiger partial charge on any atom is 0.356 e. The number of rotatable bonds is 3. The third kappa shape index (κ3) is 2.24. The van der Waals surface area contributed by atoms with Crippen LogP contribution >= 0.6 is 7.60 Å². The molecule has 0 unspecified atom stereocenters. The van der Waals surface area contributed by atoms with Crippen LogP contribution in [0.2, 0.25) is 0 Å².